The first-order chi connectivity index (χ1) is 8.20. The van der Waals surface area contributed by atoms with Crippen LogP contribution in [-0.4, -0.2) is 14.1 Å². The van der Waals surface area contributed by atoms with E-state index in [1.165, 1.54) is 0 Å². The lowest BCUT2D eigenvalue weighted by molar-refractivity contribution is 1.13. The molecule has 0 spiro atoms. The highest BCUT2D eigenvalue weighted by Gasteiger charge is 2.08. The van der Waals surface area contributed by atoms with Gasteiger partial charge in [-0.3, -0.25) is 0 Å². The number of rotatable bonds is 3. The van der Waals surface area contributed by atoms with Gasteiger partial charge in [-0.25, -0.2) is 0 Å². The SMILES string of the molecule is [CH]=C(c1ccccc1)c1ccccc1N(C)C. The first-order valence-electron chi connectivity index (χ1n) is 5.64. The van der Waals surface area contributed by atoms with E-state index < -0.39 is 0 Å². The summed E-state index contributed by atoms with van der Waals surface area (Å²) in [5, 5.41) is 0. The molecule has 0 bridgehead atoms. The van der Waals surface area contributed by atoms with Crippen LogP contribution in [0.15, 0.2) is 54.6 Å². The van der Waals surface area contributed by atoms with Crippen molar-refractivity contribution in [2.24, 2.45) is 0 Å². The molecule has 0 unspecified atom stereocenters. The minimum Gasteiger partial charge on any atom is -0.377 e. The summed E-state index contributed by atoms with van der Waals surface area (Å²) in [5.41, 5.74) is 4.08. The molecule has 0 N–H and O–H groups in total. The van der Waals surface area contributed by atoms with E-state index in [0.717, 1.165) is 22.4 Å². The lowest BCUT2D eigenvalue weighted by Crippen LogP contribution is -2.10. The molecule has 85 valence electrons. The normalized spacial score (nSPS) is 10.0. The van der Waals surface area contributed by atoms with Crippen LogP contribution in [0.25, 0.3) is 5.57 Å². The fourth-order valence-electron chi connectivity index (χ4n) is 1.86. The van der Waals surface area contributed by atoms with Gasteiger partial charge in [0.15, 0.2) is 0 Å². The van der Waals surface area contributed by atoms with Gasteiger partial charge in [-0.1, -0.05) is 55.1 Å². The van der Waals surface area contributed by atoms with E-state index in [0.29, 0.717) is 0 Å². The number of benzene rings is 2. The standard InChI is InChI=1S/C16H16N/c1-13(14-9-5-4-6-10-14)15-11-7-8-12-16(15)17(2)3/h1,4-12H,2-3H3. The van der Waals surface area contributed by atoms with E-state index in [1.807, 2.05) is 56.6 Å². The van der Waals surface area contributed by atoms with E-state index in [4.69, 9.17) is 6.58 Å². The number of para-hydroxylation sites is 1. The summed E-state index contributed by atoms with van der Waals surface area (Å²) in [6.07, 6.45) is 0. The average Bonchev–Trinajstić information content (AvgIpc) is 2.39. The second-order valence-electron chi connectivity index (χ2n) is 4.19. The van der Waals surface area contributed by atoms with Crippen LogP contribution in [0.3, 0.4) is 0 Å². The van der Waals surface area contributed by atoms with E-state index >= 15 is 0 Å². The van der Waals surface area contributed by atoms with Gasteiger partial charge in [0.05, 0.1) is 0 Å². The lowest BCUT2D eigenvalue weighted by Gasteiger charge is -2.18. The quantitative estimate of drug-likeness (QED) is 0.766. The molecule has 0 aliphatic heterocycles. The molecule has 0 amide bonds. The van der Waals surface area contributed by atoms with Gasteiger partial charge in [0, 0.05) is 25.3 Å². The Morgan fingerprint density at radius 1 is 0.882 bits per heavy atom. The van der Waals surface area contributed by atoms with Crippen molar-refractivity contribution in [3.63, 3.8) is 0 Å². The Bertz CT molecular complexity index is 512. The summed E-state index contributed by atoms with van der Waals surface area (Å²) in [7, 11) is 4.05. The van der Waals surface area contributed by atoms with Crippen LogP contribution in [0.5, 0.6) is 0 Å². The van der Waals surface area contributed by atoms with Crippen LogP contribution >= 0.6 is 0 Å². The lowest BCUT2D eigenvalue weighted by atomic mass is 9.98. The molecule has 0 aliphatic rings. The second kappa shape index (κ2) is 4.88. The van der Waals surface area contributed by atoms with Crippen LogP contribution in [0.4, 0.5) is 5.69 Å². The van der Waals surface area contributed by atoms with Gasteiger partial charge in [0.25, 0.3) is 0 Å². The number of hydrogen-bond acceptors (Lipinski definition) is 1. The van der Waals surface area contributed by atoms with Crippen LogP contribution in [0.2, 0.25) is 0 Å². The van der Waals surface area contributed by atoms with Gasteiger partial charge in [-0.2, -0.15) is 0 Å². The molecule has 1 heteroatoms. The molecule has 0 saturated carbocycles. The second-order valence-corrected chi connectivity index (χ2v) is 4.19. The minimum atomic E-state index is 0.815. The molecule has 1 nitrogen and oxygen atoms in total. The Labute approximate surface area is 103 Å². The maximum absolute atomic E-state index is 6.24. The fourth-order valence-corrected chi connectivity index (χ4v) is 1.86. The maximum Gasteiger partial charge on any atom is 0.0440 e. The Morgan fingerprint density at radius 3 is 2.12 bits per heavy atom. The Kier molecular flexibility index (Phi) is 3.29. The largest absolute Gasteiger partial charge is 0.377 e. The molecule has 2 rings (SSSR count). The minimum absolute atomic E-state index is 0.815. The van der Waals surface area contributed by atoms with Crippen LogP contribution < -0.4 is 4.90 Å². The Morgan fingerprint density at radius 2 is 1.47 bits per heavy atom. The number of nitrogens with zero attached hydrogens (tertiary/aromatic N) is 1. The molecular weight excluding hydrogens is 206 g/mol. The van der Waals surface area contributed by atoms with Crippen molar-refractivity contribution in [2.75, 3.05) is 19.0 Å². The van der Waals surface area contributed by atoms with Gasteiger partial charge in [0.2, 0.25) is 0 Å². The fraction of sp³-hybridized carbons (Fsp3) is 0.125. The zero-order valence-electron chi connectivity index (χ0n) is 10.2. The van der Waals surface area contributed by atoms with Gasteiger partial charge in [0.1, 0.15) is 0 Å². The monoisotopic (exact) mass is 222 g/mol. The summed E-state index contributed by atoms with van der Waals surface area (Å²) in [6, 6.07) is 18.2. The van der Waals surface area contributed by atoms with Crippen LogP contribution in [-0.2, 0) is 0 Å². The molecule has 0 atom stereocenters. The molecule has 2 aromatic rings. The zero-order chi connectivity index (χ0) is 12.3. The molecule has 0 aliphatic carbocycles. The van der Waals surface area contributed by atoms with Crippen molar-refractivity contribution in [3.05, 3.63) is 72.3 Å². The van der Waals surface area contributed by atoms with Crippen molar-refractivity contribution in [3.8, 4) is 0 Å². The van der Waals surface area contributed by atoms with Gasteiger partial charge < -0.3 is 4.90 Å². The maximum atomic E-state index is 6.24. The highest BCUT2D eigenvalue weighted by atomic mass is 15.1. The topological polar surface area (TPSA) is 3.24 Å². The summed E-state index contributed by atoms with van der Waals surface area (Å²) in [5.74, 6) is 0. The van der Waals surface area contributed by atoms with Gasteiger partial charge in [-0.05, 0) is 17.2 Å². The third-order valence-electron chi connectivity index (χ3n) is 2.76. The molecule has 1 radical (unpaired) electrons. The summed E-state index contributed by atoms with van der Waals surface area (Å²) in [4.78, 5) is 2.07. The molecular formula is C16H16N. The first kappa shape index (κ1) is 11.5. The molecule has 0 fully saturated rings. The molecule has 2 aromatic carbocycles. The van der Waals surface area contributed by atoms with Crippen molar-refractivity contribution >= 4 is 11.3 Å². The summed E-state index contributed by atoms with van der Waals surface area (Å²) < 4.78 is 0. The van der Waals surface area contributed by atoms with E-state index in [1.54, 1.807) is 0 Å². The number of anilines is 1. The first-order valence-corrected chi connectivity index (χ1v) is 5.64. The zero-order valence-corrected chi connectivity index (χ0v) is 10.2. The molecule has 0 aromatic heterocycles. The Hall–Kier alpha value is -2.02. The summed E-state index contributed by atoms with van der Waals surface area (Å²) >= 11 is 0. The Balaban J connectivity index is 2.45. The predicted molar refractivity (Wildman–Crippen MR) is 74.0 cm³/mol. The van der Waals surface area contributed by atoms with E-state index in [2.05, 4.69) is 17.0 Å². The molecule has 0 heterocycles. The van der Waals surface area contributed by atoms with Crippen molar-refractivity contribution < 1.29 is 0 Å². The predicted octanol–water partition coefficient (Wildman–Crippen LogP) is 3.62. The van der Waals surface area contributed by atoms with E-state index in [9.17, 15) is 0 Å². The molecule has 0 saturated heterocycles. The van der Waals surface area contributed by atoms with Crippen LogP contribution in [0, 0.1) is 6.58 Å². The highest BCUT2D eigenvalue weighted by Crippen LogP contribution is 2.28. The summed E-state index contributed by atoms with van der Waals surface area (Å²) in [6.45, 7) is 6.24. The average molecular weight is 222 g/mol. The highest BCUT2D eigenvalue weighted by molar-refractivity contribution is 5.84. The van der Waals surface area contributed by atoms with Crippen molar-refractivity contribution in [2.45, 2.75) is 0 Å². The third-order valence-corrected chi connectivity index (χ3v) is 2.76. The van der Waals surface area contributed by atoms with E-state index in [-0.39, 0.29) is 0 Å². The third kappa shape index (κ3) is 2.39. The molecule has 17 heavy (non-hydrogen) atoms. The smallest absolute Gasteiger partial charge is 0.0440 e. The van der Waals surface area contributed by atoms with Crippen LogP contribution in [0.1, 0.15) is 11.1 Å². The van der Waals surface area contributed by atoms with Gasteiger partial charge in [-0.15, -0.1) is 0 Å². The van der Waals surface area contributed by atoms with Crippen molar-refractivity contribution in [1.82, 2.24) is 0 Å². The van der Waals surface area contributed by atoms with Gasteiger partial charge >= 0.3 is 0 Å². The number of hydrogen-bond donors (Lipinski definition) is 0. The van der Waals surface area contributed by atoms with Crippen molar-refractivity contribution in [1.29, 1.82) is 0 Å².